The van der Waals surface area contributed by atoms with Crippen molar-refractivity contribution in [2.75, 3.05) is 17.7 Å². The predicted molar refractivity (Wildman–Crippen MR) is 85.0 cm³/mol. The number of aliphatic hydroxyl groups excluding tert-OH is 1. The van der Waals surface area contributed by atoms with E-state index in [9.17, 15) is 14.7 Å². The summed E-state index contributed by atoms with van der Waals surface area (Å²) < 4.78 is 0. The normalized spacial score (nSPS) is 14.3. The van der Waals surface area contributed by atoms with Crippen LogP contribution in [0.5, 0.6) is 0 Å². The molecule has 4 nitrogen and oxygen atoms in total. The van der Waals surface area contributed by atoms with Gasteiger partial charge in [-0.25, -0.2) is 0 Å². The first-order valence-corrected chi connectivity index (χ1v) is 7.45. The fraction of sp³-hybridized carbons (Fsp3) is 0.176. The van der Waals surface area contributed by atoms with E-state index in [4.69, 9.17) is 11.6 Å². The summed E-state index contributed by atoms with van der Waals surface area (Å²) in [5.41, 5.74) is 2.33. The summed E-state index contributed by atoms with van der Waals surface area (Å²) in [5.74, 6) is -0.174. The number of ketones is 2. The zero-order chi connectivity index (χ0) is 15.7. The van der Waals surface area contributed by atoms with Crippen molar-refractivity contribution in [3.63, 3.8) is 0 Å². The van der Waals surface area contributed by atoms with E-state index >= 15 is 0 Å². The Kier molecular flexibility index (Phi) is 3.96. The number of anilines is 1. The zero-order valence-electron chi connectivity index (χ0n) is 11.7. The lowest BCUT2D eigenvalue weighted by molar-refractivity contribution is 0.0979. The third-order valence-corrected chi connectivity index (χ3v) is 4.00. The second-order valence-corrected chi connectivity index (χ2v) is 5.46. The molecule has 22 heavy (non-hydrogen) atoms. The summed E-state index contributed by atoms with van der Waals surface area (Å²) in [5, 5.41) is 12.5. The molecule has 1 atom stereocenters. The van der Waals surface area contributed by atoms with Crippen LogP contribution in [0, 0.1) is 0 Å². The van der Waals surface area contributed by atoms with Crippen LogP contribution >= 0.6 is 11.6 Å². The molecule has 0 aliphatic heterocycles. The average Bonchev–Trinajstić information content (AvgIpc) is 2.57. The van der Waals surface area contributed by atoms with E-state index in [0.717, 1.165) is 0 Å². The van der Waals surface area contributed by atoms with Crippen molar-refractivity contribution in [1.82, 2.24) is 0 Å². The Morgan fingerprint density at radius 1 is 0.955 bits per heavy atom. The van der Waals surface area contributed by atoms with Gasteiger partial charge >= 0.3 is 0 Å². The van der Waals surface area contributed by atoms with Crippen molar-refractivity contribution >= 4 is 28.9 Å². The molecular formula is C17H14ClNO3. The van der Waals surface area contributed by atoms with Crippen LogP contribution in [-0.4, -0.2) is 35.2 Å². The van der Waals surface area contributed by atoms with Crippen LogP contribution in [0.3, 0.4) is 0 Å². The fourth-order valence-electron chi connectivity index (χ4n) is 2.50. The zero-order valence-corrected chi connectivity index (χ0v) is 12.4. The largest absolute Gasteiger partial charge is 0.390 e. The number of halogens is 1. The number of aliphatic hydroxyl groups is 1. The van der Waals surface area contributed by atoms with Crippen molar-refractivity contribution < 1.29 is 14.7 Å². The van der Waals surface area contributed by atoms with Crippen LogP contribution < -0.4 is 5.32 Å². The Labute approximate surface area is 132 Å². The van der Waals surface area contributed by atoms with Gasteiger partial charge < -0.3 is 10.4 Å². The van der Waals surface area contributed by atoms with Crippen molar-refractivity contribution in [1.29, 1.82) is 0 Å². The first-order chi connectivity index (χ1) is 10.6. The Morgan fingerprint density at radius 3 is 2.18 bits per heavy atom. The topological polar surface area (TPSA) is 66.4 Å². The lowest BCUT2D eigenvalue weighted by Gasteiger charge is -2.18. The van der Waals surface area contributed by atoms with Crippen LogP contribution in [0.1, 0.15) is 31.8 Å². The Hall–Kier alpha value is -2.17. The van der Waals surface area contributed by atoms with Crippen LogP contribution in [0.15, 0.2) is 42.5 Å². The Morgan fingerprint density at radius 2 is 1.55 bits per heavy atom. The van der Waals surface area contributed by atoms with Gasteiger partial charge in [0.2, 0.25) is 0 Å². The molecule has 1 aliphatic carbocycles. The maximum atomic E-state index is 12.5. The van der Waals surface area contributed by atoms with E-state index in [-0.39, 0.29) is 24.0 Å². The number of hydrogen-bond donors (Lipinski definition) is 2. The lowest BCUT2D eigenvalue weighted by Crippen LogP contribution is -2.23. The van der Waals surface area contributed by atoms with Gasteiger partial charge in [-0.1, -0.05) is 24.3 Å². The minimum absolute atomic E-state index is 0.128. The van der Waals surface area contributed by atoms with Gasteiger partial charge in [-0.2, -0.15) is 0 Å². The van der Waals surface area contributed by atoms with E-state index in [1.54, 1.807) is 42.5 Å². The molecule has 0 saturated carbocycles. The summed E-state index contributed by atoms with van der Waals surface area (Å²) in [6.07, 6.45) is -0.671. The molecule has 2 aromatic carbocycles. The first kappa shape index (κ1) is 14.8. The third kappa shape index (κ3) is 2.51. The van der Waals surface area contributed by atoms with Gasteiger partial charge in [0, 0.05) is 34.5 Å². The average molecular weight is 316 g/mol. The highest BCUT2D eigenvalue weighted by atomic mass is 35.5. The number of alkyl halides is 1. The van der Waals surface area contributed by atoms with Crippen molar-refractivity contribution in [2.45, 2.75) is 6.10 Å². The molecule has 0 spiro atoms. The molecule has 0 aromatic heterocycles. The number of benzene rings is 2. The van der Waals surface area contributed by atoms with Crippen molar-refractivity contribution in [2.24, 2.45) is 0 Å². The summed E-state index contributed by atoms with van der Waals surface area (Å²) in [7, 11) is 0. The van der Waals surface area contributed by atoms with Crippen molar-refractivity contribution in [3.05, 3.63) is 64.7 Å². The molecule has 0 amide bonds. The molecule has 1 aliphatic rings. The predicted octanol–water partition coefficient (Wildman–Crippen LogP) is 2.47. The van der Waals surface area contributed by atoms with Gasteiger partial charge in [-0.15, -0.1) is 11.6 Å². The molecule has 2 N–H and O–H groups in total. The molecule has 112 valence electrons. The summed E-state index contributed by atoms with van der Waals surface area (Å²) in [4.78, 5) is 25.0. The molecule has 0 radical (unpaired) electrons. The van der Waals surface area contributed by atoms with Gasteiger partial charge in [0.05, 0.1) is 12.0 Å². The number of fused-ring (bicyclic) bond motifs is 2. The van der Waals surface area contributed by atoms with Gasteiger partial charge in [0.15, 0.2) is 11.6 Å². The van der Waals surface area contributed by atoms with Crippen LogP contribution in [0.2, 0.25) is 0 Å². The second kappa shape index (κ2) is 5.91. The minimum Gasteiger partial charge on any atom is -0.390 e. The van der Waals surface area contributed by atoms with Gasteiger partial charge in [-0.3, -0.25) is 9.59 Å². The van der Waals surface area contributed by atoms with E-state index in [1.165, 1.54) is 0 Å². The Balaban J connectivity index is 1.96. The molecule has 0 bridgehead atoms. The van der Waals surface area contributed by atoms with Crippen molar-refractivity contribution in [3.8, 4) is 0 Å². The summed E-state index contributed by atoms with van der Waals surface area (Å²) in [6.45, 7) is 0.279. The van der Waals surface area contributed by atoms with E-state index < -0.39 is 6.10 Å². The Bertz CT molecular complexity index is 757. The quantitative estimate of drug-likeness (QED) is 0.726. The minimum atomic E-state index is -0.671. The van der Waals surface area contributed by atoms with Gasteiger partial charge in [0.25, 0.3) is 0 Å². The van der Waals surface area contributed by atoms with Gasteiger partial charge in [-0.05, 0) is 18.2 Å². The highest BCUT2D eigenvalue weighted by molar-refractivity contribution is 6.28. The van der Waals surface area contributed by atoms with E-state index in [0.29, 0.717) is 27.9 Å². The maximum absolute atomic E-state index is 12.5. The number of carbonyl (C=O) groups is 2. The standard InChI is InChI=1S/C17H14ClNO3/c18-8-11(20)9-19-10-5-6-14-15(7-10)17(22)13-4-2-1-3-12(13)16(14)21/h1-7,11,19-20H,8-9H2. The highest BCUT2D eigenvalue weighted by Gasteiger charge is 2.29. The monoisotopic (exact) mass is 315 g/mol. The summed E-state index contributed by atoms with van der Waals surface area (Å²) in [6, 6.07) is 11.8. The number of hydrogen-bond acceptors (Lipinski definition) is 4. The van der Waals surface area contributed by atoms with Crippen LogP contribution in [-0.2, 0) is 0 Å². The molecular weight excluding hydrogens is 302 g/mol. The smallest absolute Gasteiger partial charge is 0.194 e. The molecule has 0 fully saturated rings. The van der Waals surface area contributed by atoms with Crippen LogP contribution in [0.25, 0.3) is 0 Å². The first-order valence-electron chi connectivity index (χ1n) is 6.92. The summed E-state index contributed by atoms with van der Waals surface area (Å²) >= 11 is 5.54. The molecule has 2 aromatic rings. The second-order valence-electron chi connectivity index (χ2n) is 5.15. The molecule has 0 heterocycles. The number of carbonyl (C=O) groups excluding carboxylic acids is 2. The van der Waals surface area contributed by atoms with Gasteiger partial charge in [0.1, 0.15) is 0 Å². The SMILES string of the molecule is O=C1c2ccccc2C(=O)c2cc(NCC(O)CCl)ccc21. The lowest BCUT2D eigenvalue weighted by atomic mass is 9.84. The maximum Gasteiger partial charge on any atom is 0.194 e. The highest BCUT2D eigenvalue weighted by Crippen LogP contribution is 2.29. The van der Waals surface area contributed by atoms with Crippen LogP contribution in [0.4, 0.5) is 5.69 Å². The number of rotatable bonds is 4. The molecule has 1 unspecified atom stereocenters. The molecule has 0 saturated heterocycles. The molecule has 3 rings (SSSR count). The fourth-order valence-corrected chi connectivity index (χ4v) is 2.61. The third-order valence-electron chi connectivity index (χ3n) is 3.65. The van der Waals surface area contributed by atoms with E-state index in [2.05, 4.69) is 5.32 Å². The molecule has 5 heteroatoms. The van der Waals surface area contributed by atoms with E-state index in [1.807, 2.05) is 0 Å². The number of nitrogens with one attached hydrogen (secondary N) is 1.